The van der Waals surface area contributed by atoms with E-state index in [0.717, 1.165) is 17.8 Å². The molecule has 4 bridgehead atoms. The number of nitrogens with one attached hydrogen (secondary N) is 1. The number of benzene rings is 1. The zero-order valence-corrected chi connectivity index (χ0v) is 14.0. The molecule has 5 heteroatoms. The molecule has 128 valence electrons. The van der Waals surface area contributed by atoms with E-state index in [4.69, 9.17) is 0 Å². The molecular weight excluding hydrogens is 304 g/mol. The lowest BCUT2D eigenvalue weighted by atomic mass is 9.48. The zero-order chi connectivity index (χ0) is 16.9. The van der Waals surface area contributed by atoms with E-state index >= 15 is 0 Å². The van der Waals surface area contributed by atoms with Crippen molar-refractivity contribution in [3.63, 3.8) is 0 Å². The number of nitro groups is 1. The second kappa shape index (κ2) is 5.57. The van der Waals surface area contributed by atoms with Crippen molar-refractivity contribution in [2.75, 3.05) is 0 Å². The summed E-state index contributed by atoms with van der Waals surface area (Å²) in [7, 11) is 0. The van der Waals surface area contributed by atoms with E-state index in [1.807, 2.05) is 0 Å². The van der Waals surface area contributed by atoms with Crippen molar-refractivity contribution >= 4 is 11.6 Å². The van der Waals surface area contributed by atoms with Crippen molar-refractivity contribution in [3.05, 3.63) is 39.9 Å². The van der Waals surface area contributed by atoms with Gasteiger partial charge < -0.3 is 5.32 Å². The molecule has 4 aliphatic rings. The van der Waals surface area contributed by atoms with E-state index in [0.29, 0.717) is 5.56 Å². The SMILES string of the molecule is C[C@@H](NC(=O)c1ccc([N+](=O)[O-])cc1)C12CC3CC(CC(C3)C1)C2. The third kappa shape index (κ3) is 2.60. The van der Waals surface area contributed by atoms with Gasteiger partial charge in [0.1, 0.15) is 0 Å². The first-order valence-electron chi connectivity index (χ1n) is 9.00. The Hall–Kier alpha value is -1.91. The Kier molecular flexibility index (Phi) is 3.62. The number of amides is 1. The van der Waals surface area contributed by atoms with E-state index < -0.39 is 4.92 Å². The summed E-state index contributed by atoms with van der Waals surface area (Å²) in [4.78, 5) is 22.8. The maximum Gasteiger partial charge on any atom is 0.269 e. The predicted molar refractivity (Wildman–Crippen MR) is 90.6 cm³/mol. The summed E-state index contributed by atoms with van der Waals surface area (Å²) in [6, 6.07) is 6.03. The number of nitrogens with zero attached hydrogens (tertiary/aromatic N) is 1. The van der Waals surface area contributed by atoms with Gasteiger partial charge in [-0.25, -0.2) is 0 Å². The Morgan fingerprint density at radius 1 is 1.12 bits per heavy atom. The van der Waals surface area contributed by atoms with Gasteiger partial charge in [0, 0.05) is 23.7 Å². The number of carbonyl (C=O) groups excluding carboxylic acids is 1. The summed E-state index contributed by atoms with van der Waals surface area (Å²) < 4.78 is 0. The first kappa shape index (κ1) is 15.6. The summed E-state index contributed by atoms with van der Waals surface area (Å²) in [5.41, 5.74) is 0.781. The van der Waals surface area contributed by atoms with Gasteiger partial charge >= 0.3 is 0 Å². The molecule has 0 spiro atoms. The van der Waals surface area contributed by atoms with Gasteiger partial charge in [-0.2, -0.15) is 0 Å². The molecule has 0 saturated heterocycles. The van der Waals surface area contributed by atoms with Crippen LogP contribution in [-0.2, 0) is 0 Å². The Bertz CT molecular complexity index is 632. The van der Waals surface area contributed by atoms with Gasteiger partial charge in [0.25, 0.3) is 11.6 Å². The first-order chi connectivity index (χ1) is 11.4. The van der Waals surface area contributed by atoms with Crippen molar-refractivity contribution in [1.82, 2.24) is 5.32 Å². The van der Waals surface area contributed by atoms with Gasteiger partial charge in [-0.3, -0.25) is 14.9 Å². The van der Waals surface area contributed by atoms with Crippen LogP contribution in [0.15, 0.2) is 24.3 Å². The van der Waals surface area contributed by atoms with Crippen LogP contribution in [0.3, 0.4) is 0 Å². The largest absolute Gasteiger partial charge is 0.349 e. The summed E-state index contributed by atoms with van der Waals surface area (Å²) >= 11 is 0. The summed E-state index contributed by atoms with van der Waals surface area (Å²) in [5.74, 6) is 2.45. The molecule has 1 amide bonds. The fourth-order valence-corrected chi connectivity index (χ4v) is 5.88. The molecule has 0 aromatic heterocycles. The molecule has 4 saturated carbocycles. The Labute approximate surface area is 142 Å². The number of hydrogen-bond donors (Lipinski definition) is 1. The minimum atomic E-state index is -0.445. The molecule has 4 aliphatic carbocycles. The van der Waals surface area contributed by atoms with Crippen LogP contribution in [0.4, 0.5) is 5.69 Å². The van der Waals surface area contributed by atoms with Gasteiger partial charge in [-0.05, 0) is 80.8 Å². The molecule has 4 fully saturated rings. The fraction of sp³-hybridized carbons (Fsp3) is 0.632. The smallest absolute Gasteiger partial charge is 0.269 e. The molecule has 0 aliphatic heterocycles. The van der Waals surface area contributed by atoms with E-state index in [2.05, 4.69) is 12.2 Å². The lowest BCUT2D eigenvalue weighted by Gasteiger charge is -2.59. The van der Waals surface area contributed by atoms with Gasteiger partial charge in [0.2, 0.25) is 0 Å². The fourth-order valence-electron chi connectivity index (χ4n) is 5.88. The zero-order valence-electron chi connectivity index (χ0n) is 14.0. The number of nitro benzene ring substituents is 1. The van der Waals surface area contributed by atoms with Crippen LogP contribution in [0.5, 0.6) is 0 Å². The van der Waals surface area contributed by atoms with Crippen LogP contribution in [0, 0.1) is 33.3 Å². The maximum absolute atomic E-state index is 12.5. The quantitative estimate of drug-likeness (QED) is 0.672. The number of carbonyl (C=O) groups is 1. The van der Waals surface area contributed by atoms with Gasteiger partial charge in [-0.15, -0.1) is 0 Å². The lowest BCUT2D eigenvalue weighted by molar-refractivity contribution is -0.384. The monoisotopic (exact) mass is 328 g/mol. The topological polar surface area (TPSA) is 72.2 Å². The third-order valence-corrected chi connectivity index (χ3v) is 6.69. The van der Waals surface area contributed by atoms with E-state index in [1.165, 1.54) is 50.7 Å². The molecule has 0 unspecified atom stereocenters. The minimum absolute atomic E-state index is 0.0145. The first-order valence-corrected chi connectivity index (χ1v) is 9.00. The van der Waals surface area contributed by atoms with Crippen LogP contribution >= 0.6 is 0 Å². The standard InChI is InChI=1S/C19H24N2O3/c1-12(19-9-13-6-14(10-19)8-15(7-13)11-19)20-18(22)16-2-4-17(5-3-16)21(23)24/h2-5,12-15H,6-11H2,1H3,(H,20,22)/t12-,13?,14?,15?,19?/m1/s1. The molecule has 1 aromatic carbocycles. The Morgan fingerprint density at radius 2 is 1.62 bits per heavy atom. The van der Waals surface area contributed by atoms with Crippen molar-refractivity contribution in [1.29, 1.82) is 0 Å². The van der Waals surface area contributed by atoms with E-state index in [9.17, 15) is 14.9 Å². The van der Waals surface area contributed by atoms with Gasteiger partial charge in [0.05, 0.1) is 4.92 Å². The maximum atomic E-state index is 12.5. The average Bonchev–Trinajstić information content (AvgIpc) is 2.53. The molecule has 0 radical (unpaired) electrons. The highest BCUT2D eigenvalue weighted by Gasteiger charge is 2.53. The average molecular weight is 328 g/mol. The number of non-ortho nitro benzene ring substituents is 1. The Balaban J connectivity index is 1.46. The second-order valence-corrected chi connectivity index (χ2v) is 8.28. The molecule has 5 rings (SSSR count). The van der Waals surface area contributed by atoms with Crippen molar-refractivity contribution in [3.8, 4) is 0 Å². The highest BCUT2D eigenvalue weighted by molar-refractivity contribution is 5.94. The minimum Gasteiger partial charge on any atom is -0.349 e. The summed E-state index contributed by atoms with van der Waals surface area (Å²) in [6.07, 6.45) is 7.93. The van der Waals surface area contributed by atoms with Crippen LogP contribution in [-0.4, -0.2) is 16.9 Å². The van der Waals surface area contributed by atoms with E-state index in [1.54, 1.807) is 12.1 Å². The highest BCUT2D eigenvalue weighted by Crippen LogP contribution is 2.61. The van der Waals surface area contributed by atoms with Crippen molar-refractivity contribution in [2.24, 2.45) is 23.2 Å². The normalized spacial score (nSPS) is 34.8. The molecule has 5 nitrogen and oxygen atoms in total. The highest BCUT2D eigenvalue weighted by atomic mass is 16.6. The number of hydrogen-bond acceptors (Lipinski definition) is 3. The van der Waals surface area contributed by atoms with Crippen LogP contribution < -0.4 is 5.32 Å². The molecule has 1 N–H and O–H groups in total. The molecule has 24 heavy (non-hydrogen) atoms. The second-order valence-electron chi connectivity index (χ2n) is 8.28. The molecule has 1 aromatic rings. The van der Waals surface area contributed by atoms with Crippen molar-refractivity contribution < 1.29 is 9.72 Å². The summed E-state index contributed by atoms with van der Waals surface area (Å²) in [5, 5.41) is 13.9. The molecule has 0 heterocycles. The van der Waals surface area contributed by atoms with E-state index in [-0.39, 0.29) is 23.1 Å². The Morgan fingerprint density at radius 3 is 2.08 bits per heavy atom. The number of rotatable bonds is 4. The summed E-state index contributed by atoms with van der Waals surface area (Å²) in [6.45, 7) is 2.15. The van der Waals surface area contributed by atoms with Gasteiger partial charge in [0.15, 0.2) is 0 Å². The van der Waals surface area contributed by atoms with Crippen molar-refractivity contribution in [2.45, 2.75) is 51.5 Å². The predicted octanol–water partition coefficient (Wildman–Crippen LogP) is 3.93. The lowest BCUT2D eigenvalue weighted by Crippen LogP contribution is -2.55. The third-order valence-electron chi connectivity index (χ3n) is 6.69. The van der Waals surface area contributed by atoms with Crippen LogP contribution in [0.25, 0.3) is 0 Å². The molecule has 1 atom stereocenters. The van der Waals surface area contributed by atoms with Crippen LogP contribution in [0.2, 0.25) is 0 Å². The van der Waals surface area contributed by atoms with Crippen LogP contribution in [0.1, 0.15) is 55.8 Å². The molecular formula is C19H24N2O3. The van der Waals surface area contributed by atoms with Gasteiger partial charge in [-0.1, -0.05) is 0 Å².